The summed E-state index contributed by atoms with van der Waals surface area (Å²) in [6.45, 7) is 1.95. The van der Waals surface area contributed by atoms with E-state index in [2.05, 4.69) is 58.6 Å². The zero-order valence-electron chi connectivity index (χ0n) is 18.3. The van der Waals surface area contributed by atoms with Crippen molar-refractivity contribution < 1.29 is 9.53 Å². The van der Waals surface area contributed by atoms with Crippen molar-refractivity contribution in [3.63, 3.8) is 0 Å². The molecule has 0 radical (unpaired) electrons. The lowest BCUT2D eigenvalue weighted by atomic mass is 9.82. The summed E-state index contributed by atoms with van der Waals surface area (Å²) in [5.74, 6) is 0.878. The largest absolute Gasteiger partial charge is 0.497 e. The van der Waals surface area contributed by atoms with Gasteiger partial charge in [-0.3, -0.25) is 4.79 Å². The Morgan fingerprint density at radius 2 is 1.53 bits per heavy atom. The van der Waals surface area contributed by atoms with E-state index in [1.54, 1.807) is 7.11 Å². The van der Waals surface area contributed by atoms with Crippen molar-refractivity contribution in [2.75, 3.05) is 20.2 Å². The van der Waals surface area contributed by atoms with Crippen LogP contribution in [0.2, 0.25) is 0 Å². The van der Waals surface area contributed by atoms with E-state index >= 15 is 0 Å². The number of ether oxygens (including phenoxy) is 1. The summed E-state index contributed by atoms with van der Waals surface area (Å²) in [4.78, 5) is 13.9. The zero-order valence-corrected chi connectivity index (χ0v) is 18.3. The quantitative estimate of drug-likeness (QED) is 0.506. The van der Waals surface area contributed by atoms with E-state index in [1.165, 1.54) is 5.56 Å². The number of hydrazine groups is 1. The third kappa shape index (κ3) is 3.88. The molecular weight excluding hydrogens is 396 g/mol. The summed E-state index contributed by atoms with van der Waals surface area (Å²) in [5.41, 5.74) is 3.09. The van der Waals surface area contributed by atoms with Crippen LogP contribution in [-0.2, 0) is 0 Å². The number of hydrogen-bond donors (Lipinski definition) is 0. The third-order valence-electron chi connectivity index (χ3n) is 6.58. The average Bonchev–Trinajstić information content (AvgIpc) is 3.44. The first kappa shape index (κ1) is 20.7. The van der Waals surface area contributed by atoms with Crippen LogP contribution in [0.5, 0.6) is 5.75 Å². The summed E-state index contributed by atoms with van der Waals surface area (Å²) >= 11 is 0. The molecule has 4 nitrogen and oxygen atoms in total. The number of ketones is 1. The van der Waals surface area contributed by atoms with Crippen LogP contribution in [-0.4, -0.2) is 42.0 Å². The van der Waals surface area contributed by atoms with E-state index in [4.69, 9.17) is 4.74 Å². The van der Waals surface area contributed by atoms with Crippen LogP contribution in [0.4, 0.5) is 0 Å². The van der Waals surface area contributed by atoms with Gasteiger partial charge in [0.1, 0.15) is 5.75 Å². The molecule has 2 aliphatic rings. The van der Waals surface area contributed by atoms with Crippen molar-refractivity contribution in [2.45, 2.75) is 18.5 Å². The summed E-state index contributed by atoms with van der Waals surface area (Å²) in [7, 11) is 1.68. The van der Waals surface area contributed by atoms with Gasteiger partial charge >= 0.3 is 0 Å². The van der Waals surface area contributed by atoms with Crippen molar-refractivity contribution in [3.8, 4) is 5.75 Å². The van der Waals surface area contributed by atoms with Crippen LogP contribution < -0.4 is 4.74 Å². The summed E-state index contributed by atoms with van der Waals surface area (Å²) in [5, 5.41) is 4.83. The van der Waals surface area contributed by atoms with Crippen LogP contribution in [0.3, 0.4) is 0 Å². The number of hydrogen-bond acceptors (Lipinski definition) is 4. The van der Waals surface area contributed by atoms with Gasteiger partial charge in [0.2, 0.25) is 0 Å². The van der Waals surface area contributed by atoms with Gasteiger partial charge in [-0.15, -0.1) is 0 Å². The second-order valence-corrected chi connectivity index (χ2v) is 8.41. The molecule has 0 saturated carbocycles. The highest BCUT2D eigenvalue weighted by Crippen LogP contribution is 2.45. The van der Waals surface area contributed by atoms with Crippen LogP contribution in [0.1, 0.15) is 33.9 Å². The normalized spacial score (nSPS) is 23.5. The van der Waals surface area contributed by atoms with Gasteiger partial charge in [0.15, 0.2) is 5.78 Å². The lowest BCUT2D eigenvalue weighted by molar-refractivity contribution is 0.0367. The Hall–Kier alpha value is -3.21. The number of nitrogens with zero attached hydrogens (tertiary/aromatic N) is 2. The second kappa shape index (κ2) is 9.11. The highest BCUT2D eigenvalue weighted by atomic mass is 16.5. The molecule has 2 fully saturated rings. The molecule has 0 N–H and O–H groups in total. The maximum Gasteiger partial charge on any atom is 0.169 e. The number of rotatable bonds is 6. The van der Waals surface area contributed by atoms with Crippen LogP contribution in [0.15, 0.2) is 91.0 Å². The predicted octanol–water partition coefficient (Wildman–Crippen LogP) is 5.25. The Morgan fingerprint density at radius 1 is 0.875 bits per heavy atom. The Bertz CT molecular complexity index is 1080. The maximum absolute atomic E-state index is 13.9. The van der Waals surface area contributed by atoms with E-state index in [-0.39, 0.29) is 23.8 Å². The van der Waals surface area contributed by atoms with E-state index in [0.29, 0.717) is 0 Å². The van der Waals surface area contributed by atoms with Crippen LogP contribution >= 0.6 is 0 Å². The van der Waals surface area contributed by atoms with Crippen molar-refractivity contribution in [1.82, 2.24) is 10.0 Å². The van der Waals surface area contributed by atoms with Crippen molar-refractivity contribution in [3.05, 3.63) is 108 Å². The van der Waals surface area contributed by atoms with Gasteiger partial charge in [0.25, 0.3) is 0 Å². The van der Waals surface area contributed by atoms with Gasteiger partial charge in [-0.1, -0.05) is 84.9 Å². The summed E-state index contributed by atoms with van der Waals surface area (Å²) < 4.78 is 5.28. The number of benzene rings is 3. The first-order chi connectivity index (χ1) is 15.8. The molecule has 0 spiro atoms. The fraction of sp³-hybridized carbons (Fsp3) is 0.250. The minimum absolute atomic E-state index is 0.0116. The van der Waals surface area contributed by atoms with E-state index in [1.807, 2.05) is 48.5 Å². The molecule has 0 amide bonds. The molecule has 2 heterocycles. The minimum Gasteiger partial charge on any atom is -0.497 e. The van der Waals surface area contributed by atoms with Gasteiger partial charge in [0, 0.05) is 18.7 Å². The summed E-state index contributed by atoms with van der Waals surface area (Å²) in [6.07, 6.45) is 5.47. The van der Waals surface area contributed by atoms with Crippen LogP contribution in [0, 0.1) is 5.92 Å². The van der Waals surface area contributed by atoms with Crippen LogP contribution in [0.25, 0.3) is 6.08 Å². The number of carbonyl (C=O) groups is 1. The Morgan fingerprint density at radius 3 is 2.22 bits per heavy atom. The molecule has 5 rings (SSSR count). The molecule has 3 atom stereocenters. The SMILES string of the molecule is COc1ccc(/C=C/[C@H]2[C@H](C(=O)c3ccccc3)[C@@H](c3ccccc3)N3CCCN23)cc1. The maximum atomic E-state index is 13.9. The molecule has 0 aliphatic carbocycles. The molecular formula is C28H28N2O2. The molecule has 32 heavy (non-hydrogen) atoms. The fourth-order valence-electron chi connectivity index (χ4n) is 5.10. The minimum atomic E-state index is -0.172. The third-order valence-corrected chi connectivity index (χ3v) is 6.58. The lowest BCUT2D eigenvalue weighted by Gasteiger charge is -2.27. The topological polar surface area (TPSA) is 32.8 Å². The predicted molar refractivity (Wildman–Crippen MR) is 127 cm³/mol. The van der Waals surface area contributed by atoms with Gasteiger partial charge < -0.3 is 4.74 Å². The van der Waals surface area contributed by atoms with E-state index in [0.717, 1.165) is 36.4 Å². The van der Waals surface area contributed by atoms with Crippen molar-refractivity contribution in [1.29, 1.82) is 0 Å². The van der Waals surface area contributed by atoms with Gasteiger partial charge in [0.05, 0.1) is 25.1 Å². The Labute approximate surface area is 189 Å². The van der Waals surface area contributed by atoms with E-state index in [9.17, 15) is 4.79 Å². The molecule has 0 unspecified atom stereocenters. The molecule has 2 saturated heterocycles. The standard InChI is InChI=1S/C28H28N2O2/c1-32-24-16-13-21(14-17-24)15-18-25-26(28(31)23-11-6-3-7-12-23)27(22-9-4-2-5-10-22)30-20-8-19-29(25)30/h2-7,9-18,25-27H,8,19-20H2,1H3/b18-15+/t25-,26-,27+/m0/s1. The highest BCUT2D eigenvalue weighted by Gasteiger charge is 2.51. The average molecular weight is 425 g/mol. The molecule has 3 aromatic carbocycles. The molecule has 162 valence electrons. The van der Waals surface area contributed by atoms with Gasteiger partial charge in [-0.25, -0.2) is 10.0 Å². The first-order valence-electron chi connectivity index (χ1n) is 11.3. The highest BCUT2D eigenvalue weighted by molar-refractivity contribution is 5.99. The van der Waals surface area contributed by atoms with Gasteiger partial charge in [-0.2, -0.15) is 0 Å². The molecule has 0 aromatic heterocycles. The number of carbonyl (C=O) groups excluding carboxylic acids is 1. The van der Waals surface area contributed by atoms with E-state index < -0.39 is 0 Å². The monoisotopic (exact) mass is 424 g/mol. The fourth-order valence-corrected chi connectivity index (χ4v) is 5.10. The first-order valence-corrected chi connectivity index (χ1v) is 11.3. The Balaban J connectivity index is 1.54. The Kier molecular flexibility index (Phi) is 5.89. The molecule has 3 aromatic rings. The summed E-state index contributed by atoms with van der Waals surface area (Å²) in [6, 6.07) is 28.3. The molecule has 4 heteroatoms. The second-order valence-electron chi connectivity index (χ2n) is 8.41. The number of fused-ring (bicyclic) bond motifs is 1. The number of Topliss-reactive ketones (excluding diaryl/α,β-unsaturated/α-hetero) is 1. The van der Waals surface area contributed by atoms with Gasteiger partial charge in [-0.05, 0) is 29.7 Å². The number of methoxy groups -OCH3 is 1. The lowest BCUT2D eigenvalue weighted by Crippen LogP contribution is -2.36. The zero-order chi connectivity index (χ0) is 21.9. The molecule has 0 bridgehead atoms. The molecule has 2 aliphatic heterocycles. The smallest absolute Gasteiger partial charge is 0.169 e. The van der Waals surface area contributed by atoms with Crippen molar-refractivity contribution >= 4 is 11.9 Å². The van der Waals surface area contributed by atoms with Crippen molar-refractivity contribution in [2.24, 2.45) is 5.92 Å².